The van der Waals surface area contributed by atoms with Crippen LogP contribution in [0.1, 0.15) is 29.0 Å². The van der Waals surface area contributed by atoms with Gasteiger partial charge in [0.2, 0.25) is 0 Å². The molecule has 11 aromatic rings. The van der Waals surface area contributed by atoms with Gasteiger partial charge in [-0.2, -0.15) is 0 Å². The molecule has 1 atom stereocenters. The van der Waals surface area contributed by atoms with E-state index in [-0.39, 0.29) is 5.92 Å². The molecule has 1 nitrogen and oxygen atoms in total. The van der Waals surface area contributed by atoms with Crippen molar-refractivity contribution in [2.75, 3.05) is 4.90 Å². The first-order valence-electron chi connectivity index (χ1n) is 22.2. The van der Waals surface area contributed by atoms with Crippen LogP contribution in [-0.2, 0) is 0 Å². The molecule has 1 unspecified atom stereocenters. The van der Waals surface area contributed by atoms with Crippen molar-refractivity contribution in [2.45, 2.75) is 12.3 Å². The second-order valence-corrected chi connectivity index (χ2v) is 17.8. The van der Waals surface area contributed by atoms with Gasteiger partial charge in [0, 0.05) is 43.2 Å². The number of para-hydroxylation sites is 2. The maximum Gasteiger partial charge on any atom is 0.0476 e. The maximum absolute atomic E-state index is 2.48. The minimum Gasteiger partial charge on any atom is -0.310 e. The number of hydrogen-bond donors (Lipinski definition) is 0. The molecule has 1 aliphatic rings. The highest BCUT2D eigenvalue weighted by Gasteiger charge is 2.24. The summed E-state index contributed by atoms with van der Waals surface area (Å²) in [5.74, 6) is 0.249. The van der Waals surface area contributed by atoms with Crippen molar-refractivity contribution in [3.63, 3.8) is 0 Å². The summed E-state index contributed by atoms with van der Waals surface area (Å²) in [5.41, 5.74) is 12.2. The SMILES string of the molecule is C1=CCC(c2c(-c3ccc(/C=C/c4ccc5c(c4)sc4cc(N(c6ccccc6)c6ccccc6)ccc45)cc3)cc(-c3ccccc3)c3c4ccccc4c4ccccc4c23)C=C1. The number of hydrogen-bond acceptors (Lipinski definition) is 2. The zero-order valence-electron chi connectivity index (χ0n) is 35.2. The van der Waals surface area contributed by atoms with Crippen LogP contribution < -0.4 is 4.90 Å². The second kappa shape index (κ2) is 16.2. The Bertz CT molecular complexity index is 3580. The van der Waals surface area contributed by atoms with Crippen LogP contribution in [0, 0.1) is 0 Å². The van der Waals surface area contributed by atoms with Crippen molar-refractivity contribution in [1.29, 1.82) is 0 Å². The van der Waals surface area contributed by atoms with Crippen molar-refractivity contribution in [3.8, 4) is 22.3 Å². The summed E-state index contributed by atoms with van der Waals surface area (Å²) in [4.78, 5) is 2.33. The van der Waals surface area contributed by atoms with Crippen molar-refractivity contribution < 1.29 is 0 Å². The van der Waals surface area contributed by atoms with E-state index < -0.39 is 0 Å². The Morgan fingerprint density at radius 1 is 0.406 bits per heavy atom. The number of thiophene rings is 1. The summed E-state index contributed by atoms with van der Waals surface area (Å²) < 4.78 is 2.58. The average Bonchev–Trinajstić information content (AvgIpc) is 3.74. The number of anilines is 3. The first kappa shape index (κ1) is 37.9. The minimum atomic E-state index is 0.249. The predicted molar refractivity (Wildman–Crippen MR) is 278 cm³/mol. The normalized spacial score (nSPS) is 13.8. The molecule has 0 bridgehead atoms. The fourth-order valence-electron chi connectivity index (χ4n) is 9.99. The van der Waals surface area contributed by atoms with Crippen LogP contribution in [0.3, 0.4) is 0 Å². The quantitative estimate of drug-likeness (QED) is 0.109. The Morgan fingerprint density at radius 3 is 1.61 bits per heavy atom. The number of allylic oxidation sites excluding steroid dienone is 4. The fraction of sp³-hybridized carbons (Fsp3) is 0.0323. The van der Waals surface area contributed by atoms with E-state index in [9.17, 15) is 0 Å². The molecule has 2 heteroatoms. The van der Waals surface area contributed by atoms with Gasteiger partial charge in [-0.15, -0.1) is 11.3 Å². The molecule has 0 N–H and O–H groups in total. The summed E-state index contributed by atoms with van der Waals surface area (Å²) in [7, 11) is 0. The van der Waals surface area contributed by atoms with Gasteiger partial charge in [-0.3, -0.25) is 0 Å². The lowest BCUT2D eigenvalue weighted by Gasteiger charge is -2.25. The van der Waals surface area contributed by atoms with Gasteiger partial charge in [0.1, 0.15) is 0 Å². The Kier molecular flexibility index (Phi) is 9.58. The van der Waals surface area contributed by atoms with Gasteiger partial charge in [0.05, 0.1) is 0 Å². The maximum atomic E-state index is 2.48. The van der Waals surface area contributed by atoms with E-state index in [2.05, 4.69) is 248 Å². The smallest absolute Gasteiger partial charge is 0.0476 e. The number of rotatable bonds is 8. The van der Waals surface area contributed by atoms with E-state index in [4.69, 9.17) is 0 Å². The summed E-state index contributed by atoms with van der Waals surface area (Å²) in [5, 5.41) is 10.5. The highest BCUT2D eigenvalue weighted by molar-refractivity contribution is 7.25. The Morgan fingerprint density at radius 2 is 0.953 bits per heavy atom. The third kappa shape index (κ3) is 6.72. The molecule has 0 spiro atoms. The molecule has 0 saturated carbocycles. The molecule has 64 heavy (non-hydrogen) atoms. The number of fused-ring (bicyclic) bond motifs is 9. The molecule has 0 fully saturated rings. The Labute approximate surface area is 377 Å². The van der Waals surface area contributed by atoms with E-state index >= 15 is 0 Å². The standard InChI is InChI=1S/C62H43NS/c1-5-17-44(18-6-1)57-41-56(60(46-19-7-2-8-20-46)62-55-28-16-14-26-51(55)50-25-13-15-27-54(50)61(57)62)45-34-31-42(32-35-45)29-30-43-33-37-52-53-38-36-49(40-59(53)64-58(52)39-43)63(47-21-9-3-10-22-47)48-23-11-4-12-24-48/h1-19,21-41,46H,20H2/b30-29+. The van der Waals surface area contributed by atoms with E-state index in [1.165, 1.54) is 91.4 Å². The van der Waals surface area contributed by atoms with E-state index in [0.717, 1.165) is 23.5 Å². The van der Waals surface area contributed by atoms with E-state index in [1.54, 1.807) is 0 Å². The largest absolute Gasteiger partial charge is 0.310 e. The molecule has 1 aromatic heterocycles. The first-order chi connectivity index (χ1) is 31.7. The van der Waals surface area contributed by atoms with Crippen molar-refractivity contribution in [2.24, 2.45) is 0 Å². The number of benzene rings is 10. The summed E-state index contributed by atoms with van der Waals surface area (Å²) in [6, 6.07) is 75.6. The molecular weight excluding hydrogens is 791 g/mol. The highest BCUT2D eigenvalue weighted by Crippen LogP contribution is 2.49. The van der Waals surface area contributed by atoms with Gasteiger partial charge in [0.25, 0.3) is 0 Å². The van der Waals surface area contributed by atoms with Crippen molar-refractivity contribution in [3.05, 3.63) is 247 Å². The summed E-state index contributed by atoms with van der Waals surface area (Å²) in [6.07, 6.45) is 14.6. The predicted octanol–water partition coefficient (Wildman–Crippen LogP) is 18.1. The lowest BCUT2D eigenvalue weighted by Crippen LogP contribution is -2.09. The fourth-order valence-corrected chi connectivity index (χ4v) is 11.2. The topological polar surface area (TPSA) is 3.24 Å². The summed E-state index contributed by atoms with van der Waals surface area (Å²) >= 11 is 1.86. The molecule has 10 aromatic carbocycles. The van der Waals surface area contributed by atoms with Gasteiger partial charge in [-0.1, -0.05) is 194 Å². The van der Waals surface area contributed by atoms with Gasteiger partial charge in [-0.05, 0) is 126 Å². The van der Waals surface area contributed by atoms with Crippen LogP contribution in [0.5, 0.6) is 0 Å². The molecule has 302 valence electrons. The Hall–Kier alpha value is -7.78. The molecule has 12 rings (SSSR count). The van der Waals surface area contributed by atoms with Crippen LogP contribution in [0.15, 0.2) is 231 Å². The molecular formula is C62H43NS. The molecule has 0 amide bonds. The van der Waals surface area contributed by atoms with Gasteiger partial charge < -0.3 is 4.90 Å². The third-order valence-corrected chi connectivity index (χ3v) is 14.1. The van der Waals surface area contributed by atoms with E-state index in [0.29, 0.717) is 0 Å². The highest BCUT2D eigenvalue weighted by atomic mass is 32.1. The van der Waals surface area contributed by atoms with Crippen LogP contribution in [0.25, 0.3) is 86.9 Å². The van der Waals surface area contributed by atoms with Gasteiger partial charge >= 0.3 is 0 Å². The van der Waals surface area contributed by atoms with Crippen LogP contribution in [-0.4, -0.2) is 0 Å². The molecule has 0 saturated heterocycles. The monoisotopic (exact) mass is 833 g/mol. The molecule has 1 heterocycles. The lowest BCUT2D eigenvalue weighted by atomic mass is 9.78. The average molecular weight is 834 g/mol. The molecule has 0 aliphatic heterocycles. The van der Waals surface area contributed by atoms with Crippen LogP contribution in [0.4, 0.5) is 17.1 Å². The van der Waals surface area contributed by atoms with Crippen molar-refractivity contribution in [1.82, 2.24) is 0 Å². The number of nitrogens with zero attached hydrogens (tertiary/aromatic N) is 1. The summed E-state index contributed by atoms with van der Waals surface area (Å²) in [6.45, 7) is 0. The lowest BCUT2D eigenvalue weighted by molar-refractivity contribution is 0.864. The van der Waals surface area contributed by atoms with E-state index in [1.807, 2.05) is 11.3 Å². The first-order valence-corrected chi connectivity index (χ1v) is 23.0. The van der Waals surface area contributed by atoms with Crippen LogP contribution >= 0.6 is 11.3 Å². The third-order valence-electron chi connectivity index (χ3n) is 12.9. The Balaban J connectivity index is 0.931. The zero-order chi connectivity index (χ0) is 42.4. The van der Waals surface area contributed by atoms with Gasteiger partial charge in [-0.25, -0.2) is 0 Å². The van der Waals surface area contributed by atoms with Crippen molar-refractivity contribution >= 4 is 93.0 Å². The molecule has 1 aliphatic carbocycles. The van der Waals surface area contributed by atoms with Crippen LogP contribution in [0.2, 0.25) is 0 Å². The van der Waals surface area contributed by atoms with Gasteiger partial charge in [0.15, 0.2) is 0 Å². The second-order valence-electron chi connectivity index (χ2n) is 16.7. The zero-order valence-corrected chi connectivity index (χ0v) is 36.1. The molecule has 0 radical (unpaired) electrons. The minimum absolute atomic E-state index is 0.249.